The van der Waals surface area contributed by atoms with Crippen LogP contribution in [0.25, 0.3) is 0 Å². The first kappa shape index (κ1) is 17.0. The molecule has 3 rings (SSSR count). The van der Waals surface area contributed by atoms with Gasteiger partial charge in [-0.05, 0) is 56.5 Å². The van der Waals surface area contributed by atoms with Gasteiger partial charge in [-0.15, -0.1) is 0 Å². The van der Waals surface area contributed by atoms with Crippen LogP contribution < -0.4 is 5.32 Å². The molecule has 1 fully saturated rings. The molecular weight excluding hydrogens is 324 g/mol. The van der Waals surface area contributed by atoms with E-state index in [-0.39, 0.29) is 5.91 Å². The summed E-state index contributed by atoms with van der Waals surface area (Å²) in [5.74, 6) is 0.749. The van der Waals surface area contributed by atoms with Gasteiger partial charge in [0.1, 0.15) is 0 Å². The number of anilines is 1. The predicted octanol–water partition coefficient (Wildman–Crippen LogP) is 3.35. The maximum Gasteiger partial charge on any atom is 0.225 e. The summed E-state index contributed by atoms with van der Waals surface area (Å²) in [7, 11) is 0. The number of nitrogens with zero attached hydrogens (tertiary/aromatic N) is 2. The number of H-pyrrole nitrogens is 1. The van der Waals surface area contributed by atoms with Crippen molar-refractivity contribution in [2.75, 3.05) is 25.0 Å². The molecule has 1 aliphatic heterocycles. The molecule has 2 aromatic rings. The van der Waals surface area contributed by atoms with Crippen molar-refractivity contribution in [3.63, 3.8) is 0 Å². The first-order valence-corrected chi connectivity index (χ1v) is 8.82. The normalized spacial score (nSPS) is 16.2. The standard InChI is InChI=1S/C18H23ClN4O/c19-15-2-1-3-16(11-15)22-18(24)6-9-23-7-4-14(5-8-23)10-17-12-20-13-21-17/h1-3,11-14H,4-10H2,(H,20,21)(H,22,24). The van der Waals surface area contributed by atoms with Gasteiger partial charge in [0.25, 0.3) is 0 Å². The monoisotopic (exact) mass is 346 g/mol. The third-order valence-electron chi connectivity index (χ3n) is 4.53. The van der Waals surface area contributed by atoms with Crippen molar-refractivity contribution in [1.82, 2.24) is 14.9 Å². The summed E-state index contributed by atoms with van der Waals surface area (Å²) in [6.45, 7) is 2.93. The molecule has 0 bridgehead atoms. The van der Waals surface area contributed by atoms with E-state index in [4.69, 9.17) is 11.6 Å². The van der Waals surface area contributed by atoms with Gasteiger partial charge in [0.2, 0.25) is 5.91 Å². The van der Waals surface area contributed by atoms with Gasteiger partial charge in [-0.3, -0.25) is 4.79 Å². The first-order chi connectivity index (χ1) is 11.7. The third kappa shape index (κ3) is 5.08. The van der Waals surface area contributed by atoms with Crippen LogP contribution in [0.15, 0.2) is 36.8 Å². The first-order valence-electron chi connectivity index (χ1n) is 8.44. The van der Waals surface area contributed by atoms with Crippen LogP contribution in [0.1, 0.15) is 25.0 Å². The minimum absolute atomic E-state index is 0.0388. The van der Waals surface area contributed by atoms with Gasteiger partial charge in [0.15, 0.2) is 0 Å². The molecule has 1 aromatic carbocycles. The van der Waals surface area contributed by atoms with Crippen molar-refractivity contribution in [2.45, 2.75) is 25.7 Å². The minimum atomic E-state index is 0.0388. The molecule has 1 aromatic heterocycles. The number of imidazole rings is 1. The number of likely N-dealkylation sites (tertiary alicyclic amines) is 1. The Hall–Kier alpha value is -1.85. The molecule has 0 aliphatic carbocycles. The molecule has 1 saturated heterocycles. The molecule has 2 N–H and O–H groups in total. The van der Waals surface area contributed by atoms with Crippen molar-refractivity contribution in [1.29, 1.82) is 0 Å². The summed E-state index contributed by atoms with van der Waals surface area (Å²) < 4.78 is 0. The fraction of sp³-hybridized carbons (Fsp3) is 0.444. The average Bonchev–Trinajstić information content (AvgIpc) is 3.07. The highest BCUT2D eigenvalue weighted by molar-refractivity contribution is 6.30. The largest absolute Gasteiger partial charge is 0.348 e. The predicted molar refractivity (Wildman–Crippen MR) is 96.2 cm³/mol. The molecule has 2 heterocycles. The lowest BCUT2D eigenvalue weighted by Crippen LogP contribution is -2.36. The van der Waals surface area contributed by atoms with E-state index in [2.05, 4.69) is 20.2 Å². The summed E-state index contributed by atoms with van der Waals surface area (Å²) in [4.78, 5) is 21.7. The topological polar surface area (TPSA) is 61.0 Å². The number of carbonyl (C=O) groups is 1. The zero-order chi connectivity index (χ0) is 16.8. The van der Waals surface area contributed by atoms with E-state index in [0.717, 1.165) is 31.7 Å². The number of carbonyl (C=O) groups excluding carboxylic acids is 1. The lowest BCUT2D eigenvalue weighted by Gasteiger charge is -2.31. The molecule has 0 spiro atoms. The van der Waals surface area contributed by atoms with Crippen molar-refractivity contribution < 1.29 is 4.79 Å². The van der Waals surface area contributed by atoms with Crippen molar-refractivity contribution >= 4 is 23.2 Å². The molecule has 128 valence electrons. The summed E-state index contributed by atoms with van der Waals surface area (Å²) in [6, 6.07) is 7.25. The molecule has 0 saturated carbocycles. The Bertz CT molecular complexity index is 651. The molecule has 1 aliphatic rings. The Labute approximate surface area is 147 Å². The van der Waals surface area contributed by atoms with Gasteiger partial charge in [0.05, 0.1) is 6.33 Å². The number of hydrogen-bond donors (Lipinski definition) is 2. The molecule has 5 nitrogen and oxygen atoms in total. The van der Waals surface area contributed by atoms with Crippen LogP contribution >= 0.6 is 11.6 Å². The van der Waals surface area contributed by atoms with E-state index in [1.54, 1.807) is 18.5 Å². The number of halogens is 1. The van der Waals surface area contributed by atoms with Gasteiger partial charge < -0.3 is 15.2 Å². The Kier molecular flexibility index (Phi) is 5.88. The van der Waals surface area contributed by atoms with E-state index in [0.29, 0.717) is 17.4 Å². The van der Waals surface area contributed by atoms with Gasteiger partial charge >= 0.3 is 0 Å². The number of hydrogen-bond acceptors (Lipinski definition) is 3. The number of nitrogens with one attached hydrogen (secondary N) is 2. The van der Waals surface area contributed by atoms with Gasteiger partial charge in [0, 0.05) is 35.6 Å². The second-order valence-corrected chi connectivity index (χ2v) is 6.81. The minimum Gasteiger partial charge on any atom is -0.348 e. The Balaban J connectivity index is 1.36. The summed E-state index contributed by atoms with van der Waals surface area (Å²) in [5, 5.41) is 3.53. The highest BCUT2D eigenvalue weighted by Crippen LogP contribution is 2.21. The van der Waals surface area contributed by atoms with Crippen LogP contribution in [0.5, 0.6) is 0 Å². The third-order valence-corrected chi connectivity index (χ3v) is 4.77. The van der Waals surface area contributed by atoms with E-state index >= 15 is 0 Å². The molecule has 0 unspecified atom stereocenters. The Morgan fingerprint density at radius 3 is 2.92 bits per heavy atom. The van der Waals surface area contributed by atoms with E-state index in [9.17, 15) is 4.79 Å². The van der Waals surface area contributed by atoms with Crippen LogP contribution in [-0.4, -0.2) is 40.4 Å². The molecule has 1 amide bonds. The Morgan fingerprint density at radius 1 is 1.38 bits per heavy atom. The summed E-state index contributed by atoms with van der Waals surface area (Å²) in [5.41, 5.74) is 1.97. The van der Waals surface area contributed by atoms with Crippen molar-refractivity contribution in [2.24, 2.45) is 5.92 Å². The fourth-order valence-corrected chi connectivity index (χ4v) is 3.36. The van der Waals surface area contributed by atoms with Crippen molar-refractivity contribution in [3.05, 3.63) is 47.5 Å². The van der Waals surface area contributed by atoms with Gasteiger partial charge in [-0.1, -0.05) is 17.7 Å². The second kappa shape index (κ2) is 8.31. The smallest absolute Gasteiger partial charge is 0.225 e. The van der Waals surface area contributed by atoms with Gasteiger partial charge in [-0.2, -0.15) is 0 Å². The van der Waals surface area contributed by atoms with Crippen LogP contribution in [0.3, 0.4) is 0 Å². The molecular formula is C18H23ClN4O. The van der Waals surface area contributed by atoms with E-state index in [1.165, 1.54) is 18.5 Å². The number of aromatic amines is 1. The number of benzene rings is 1. The highest BCUT2D eigenvalue weighted by atomic mass is 35.5. The number of aromatic nitrogens is 2. The van der Waals surface area contributed by atoms with Gasteiger partial charge in [-0.25, -0.2) is 4.98 Å². The zero-order valence-corrected chi connectivity index (χ0v) is 14.4. The van der Waals surface area contributed by atoms with Crippen LogP contribution in [0, 0.1) is 5.92 Å². The zero-order valence-electron chi connectivity index (χ0n) is 13.7. The number of piperidine rings is 1. The second-order valence-electron chi connectivity index (χ2n) is 6.37. The van der Waals surface area contributed by atoms with E-state index in [1.807, 2.05) is 18.3 Å². The Morgan fingerprint density at radius 2 is 2.21 bits per heavy atom. The maximum absolute atomic E-state index is 12.1. The summed E-state index contributed by atoms with van der Waals surface area (Å²) in [6.07, 6.45) is 7.58. The highest BCUT2D eigenvalue weighted by Gasteiger charge is 2.20. The number of rotatable bonds is 6. The van der Waals surface area contributed by atoms with Crippen LogP contribution in [0.2, 0.25) is 5.02 Å². The van der Waals surface area contributed by atoms with E-state index < -0.39 is 0 Å². The SMILES string of the molecule is O=C(CCN1CCC(Cc2cnc[nH]2)CC1)Nc1cccc(Cl)c1. The molecule has 0 atom stereocenters. The molecule has 0 radical (unpaired) electrons. The van der Waals surface area contributed by atoms with Crippen molar-refractivity contribution in [3.8, 4) is 0 Å². The average molecular weight is 347 g/mol. The van der Waals surface area contributed by atoms with Crippen LogP contribution in [-0.2, 0) is 11.2 Å². The van der Waals surface area contributed by atoms with Crippen LogP contribution in [0.4, 0.5) is 5.69 Å². The number of amides is 1. The molecule has 24 heavy (non-hydrogen) atoms. The summed E-state index contributed by atoms with van der Waals surface area (Å²) >= 11 is 5.93. The lowest BCUT2D eigenvalue weighted by molar-refractivity contribution is -0.116. The molecule has 6 heteroatoms. The fourth-order valence-electron chi connectivity index (χ4n) is 3.17. The quantitative estimate of drug-likeness (QED) is 0.843. The maximum atomic E-state index is 12.1. The lowest BCUT2D eigenvalue weighted by atomic mass is 9.92.